The fraction of sp³-hybridized carbons (Fsp3) is 0.714. The summed E-state index contributed by atoms with van der Waals surface area (Å²) in [5.74, 6) is 0.260. The molecule has 2 saturated carbocycles. The third-order valence-corrected chi connectivity index (χ3v) is 6.39. The van der Waals surface area contributed by atoms with Gasteiger partial charge in [-0.2, -0.15) is 0 Å². The Morgan fingerprint density at radius 1 is 0.875 bits per heavy atom. The lowest BCUT2D eigenvalue weighted by molar-refractivity contribution is -0.126. The molecule has 0 radical (unpaired) electrons. The number of hydrogen-bond acceptors (Lipinski definition) is 7. The highest BCUT2D eigenvalue weighted by molar-refractivity contribution is 5.85. The van der Waals surface area contributed by atoms with Crippen molar-refractivity contribution in [3.63, 3.8) is 0 Å². The maximum atomic E-state index is 12.0. The van der Waals surface area contributed by atoms with Gasteiger partial charge < -0.3 is 10.6 Å². The molecule has 2 amide bonds. The third kappa shape index (κ3) is 5.70. The molecule has 4 rings (SSSR count). The minimum Gasteiger partial charge on any atom is -0.354 e. The molecule has 2 aromatic rings. The molecule has 2 heterocycles. The molecule has 2 aliphatic rings. The fourth-order valence-corrected chi connectivity index (χ4v) is 3.47. The summed E-state index contributed by atoms with van der Waals surface area (Å²) in [5.41, 5.74) is 1.41. The normalized spacial score (nSPS) is 17.9. The van der Waals surface area contributed by atoms with Crippen LogP contribution < -0.4 is 10.6 Å². The highest BCUT2D eigenvalue weighted by Gasteiger charge is 2.45. The minimum atomic E-state index is -0.152. The highest BCUT2D eigenvalue weighted by Crippen LogP contribution is 2.45. The average Bonchev–Trinajstić information content (AvgIpc) is 3.58. The zero-order chi connectivity index (χ0) is 22.8. The van der Waals surface area contributed by atoms with Crippen LogP contribution in [0, 0.1) is 10.8 Å². The molecule has 0 saturated heterocycles. The van der Waals surface area contributed by atoms with Gasteiger partial charge in [-0.25, -0.2) is 0 Å². The summed E-state index contributed by atoms with van der Waals surface area (Å²) in [6.45, 7) is 7.56. The van der Waals surface area contributed by atoms with E-state index in [1.807, 2.05) is 33.3 Å². The number of aromatic nitrogens is 6. The van der Waals surface area contributed by atoms with Gasteiger partial charge in [0.2, 0.25) is 11.8 Å². The van der Waals surface area contributed by atoms with E-state index in [4.69, 9.17) is 0 Å². The van der Waals surface area contributed by atoms with Crippen molar-refractivity contribution < 1.29 is 9.59 Å². The van der Waals surface area contributed by atoms with Crippen LogP contribution in [-0.4, -0.2) is 66.8 Å². The Hall–Kier alpha value is -2.82. The van der Waals surface area contributed by atoms with E-state index < -0.39 is 0 Å². The van der Waals surface area contributed by atoms with Gasteiger partial charge in [0.15, 0.2) is 0 Å². The second-order valence-electron chi connectivity index (χ2n) is 9.75. The van der Waals surface area contributed by atoms with Crippen LogP contribution in [0.4, 0.5) is 0 Å². The second-order valence-corrected chi connectivity index (χ2v) is 9.75. The lowest BCUT2D eigenvalue weighted by Gasteiger charge is -2.12. The van der Waals surface area contributed by atoms with Crippen molar-refractivity contribution in [1.82, 2.24) is 45.5 Å². The maximum absolute atomic E-state index is 12.0. The van der Waals surface area contributed by atoms with Gasteiger partial charge in [0.05, 0.1) is 24.5 Å². The van der Waals surface area contributed by atoms with E-state index >= 15 is 0 Å². The van der Waals surface area contributed by atoms with E-state index in [0.29, 0.717) is 39.3 Å². The Bertz CT molecular complexity index is 882. The summed E-state index contributed by atoms with van der Waals surface area (Å²) in [5, 5.41) is 22.7. The van der Waals surface area contributed by atoms with Crippen LogP contribution in [-0.2, 0) is 35.8 Å². The summed E-state index contributed by atoms with van der Waals surface area (Å²) < 4.78 is 3.51. The van der Waals surface area contributed by atoms with Gasteiger partial charge in [-0.15, -0.1) is 10.2 Å². The lowest BCUT2D eigenvalue weighted by atomic mass is 10.1. The molecule has 2 aromatic heterocycles. The molecule has 2 N–H and O–H groups in total. The first-order valence-corrected chi connectivity index (χ1v) is 11.3. The average molecular weight is 444 g/mol. The summed E-state index contributed by atoms with van der Waals surface area (Å²) >= 11 is 0. The van der Waals surface area contributed by atoms with Crippen LogP contribution in [0.3, 0.4) is 0 Å². The topological polar surface area (TPSA) is 123 Å². The van der Waals surface area contributed by atoms with E-state index in [9.17, 15) is 9.59 Å². The fourth-order valence-electron chi connectivity index (χ4n) is 3.47. The molecule has 2 fully saturated rings. The molecule has 11 nitrogen and oxygen atoms in total. The largest absolute Gasteiger partial charge is 0.354 e. The van der Waals surface area contributed by atoms with Crippen LogP contribution >= 0.6 is 0 Å². The van der Waals surface area contributed by atoms with Gasteiger partial charge in [-0.05, 0) is 32.7 Å². The van der Waals surface area contributed by atoms with E-state index in [1.54, 1.807) is 9.36 Å². The molecule has 11 heteroatoms. The molecule has 0 bridgehead atoms. The molecule has 0 unspecified atom stereocenters. The van der Waals surface area contributed by atoms with Crippen LogP contribution in [0.5, 0.6) is 0 Å². The molecule has 0 atom stereocenters. The Balaban J connectivity index is 1.15. The van der Waals surface area contributed by atoms with Crippen molar-refractivity contribution in [3.8, 4) is 0 Å². The molecule has 0 spiro atoms. The Kier molecular flexibility index (Phi) is 6.27. The van der Waals surface area contributed by atoms with Crippen molar-refractivity contribution in [1.29, 1.82) is 0 Å². The van der Waals surface area contributed by atoms with Crippen molar-refractivity contribution in [2.24, 2.45) is 10.8 Å². The Labute approximate surface area is 187 Å². The van der Waals surface area contributed by atoms with Gasteiger partial charge in [0.25, 0.3) is 0 Å². The van der Waals surface area contributed by atoms with E-state index in [2.05, 4.69) is 36.2 Å². The maximum Gasteiger partial charge on any atom is 0.226 e. The van der Waals surface area contributed by atoms with Gasteiger partial charge in [0, 0.05) is 49.4 Å². The summed E-state index contributed by atoms with van der Waals surface area (Å²) in [4.78, 5) is 26.0. The van der Waals surface area contributed by atoms with Crippen molar-refractivity contribution in [2.45, 2.75) is 65.7 Å². The summed E-state index contributed by atoms with van der Waals surface area (Å²) in [7, 11) is 1.99. The van der Waals surface area contributed by atoms with Gasteiger partial charge in [0.1, 0.15) is 0 Å². The first kappa shape index (κ1) is 22.4. The van der Waals surface area contributed by atoms with Crippen LogP contribution in [0.15, 0.2) is 12.4 Å². The molecular weight excluding hydrogens is 410 g/mol. The first-order chi connectivity index (χ1) is 15.3. The molecule has 32 heavy (non-hydrogen) atoms. The minimum absolute atomic E-state index is 0.130. The predicted molar refractivity (Wildman–Crippen MR) is 116 cm³/mol. The number of nitrogens with one attached hydrogen (secondary N) is 2. The van der Waals surface area contributed by atoms with Crippen LogP contribution in [0.1, 0.15) is 50.9 Å². The number of rotatable bonds is 12. The number of nitrogens with zero attached hydrogens (tertiary/aromatic N) is 7. The number of amides is 2. The molecule has 0 aromatic carbocycles. The van der Waals surface area contributed by atoms with E-state index in [1.165, 1.54) is 0 Å². The van der Waals surface area contributed by atoms with Crippen LogP contribution in [0.2, 0.25) is 0 Å². The van der Waals surface area contributed by atoms with Crippen LogP contribution in [0.25, 0.3) is 0 Å². The second kappa shape index (κ2) is 8.97. The number of carbonyl (C=O) groups excluding carboxylic acids is 2. The van der Waals surface area contributed by atoms with Crippen molar-refractivity contribution in [3.05, 3.63) is 23.8 Å². The standard InChI is InChI=1S/C21H33N9O2/c1-20(4-5-20)18(31)22-8-10-29-14-16(24-26-29)12-28(3)13-17-15-30(27-25-17)11-9-23-19(32)21(2)6-7-21/h14-15H,4-13H2,1-3H3,(H,22,31)(H,23,32). The number of hydrogen-bond donors (Lipinski definition) is 2. The van der Waals surface area contributed by atoms with E-state index in [-0.39, 0.29) is 22.6 Å². The van der Waals surface area contributed by atoms with Gasteiger partial charge in [-0.1, -0.05) is 24.3 Å². The Morgan fingerprint density at radius 3 is 1.66 bits per heavy atom. The molecular formula is C21H33N9O2. The SMILES string of the molecule is CN(Cc1cn(CCNC(=O)C2(C)CC2)nn1)Cc1cn(CCNC(=O)C2(C)CC2)nn1. The zero-order valence-electron chi connectivity index (χ0n) is 19.2. The first-order valence-electron chi connectivity index (χ1n) is 11.3. The Morgan fingerprint density at radius 2 is 1.28 bits per heavy atom. The number of carbonyl (C=O) groups is 2. The van der Waals surface area contributed by atoms with Gasteiger partial charge in [-0.3, -0.25) is 23.9 Å². The lowest BCUT2D eigenvalue weighted by Crippen LogP contribution is -2.32. The van der Waals surface area contributed by atoms with Gasteiger partial charge >= 0.3 is 0 Å². The molecule has 0 aliphatic heterocycles. The predicted octanol–water partition coefficient (Wildman–Crippen LogP) is 0.334. The summed E-state index contributed by atoms with van der Waals surface area (Å²) in [6, 6.07) is 0. The van der Waals surface area contributed by atoms with Crippen molar-refractivity contribution >= 4 is 11.8 Å². The monoisotopic (exact) mass is 443 g/mol. The van der Waals surface area contributed by atoms with Crippen molar-refractivity contribution in [2.75, 3.05) is 20.1 Å². The zero-order valence-corrected chi connectivity index (χ0v) is 19.2. The highest BCUT2D eigenvalue weighted by atomic mass is 16.2. The molecule has 2 aliphatic carbocycles. The van der Waals surface area contributed by atoms with E-state index in [0.717, 1.165) is 37.1 Å². The molecule has 174 valence electrons. The summed E-state index contributed by atoms with van der Waals surface area (Å²) in [6.07, 6.45) is 7.71. The smallest absolute Gasteiger partial charge is 0.226 e. The quantitative estimate of drug-likeness (QED) is 0.485. The third-order valence-electron chi connectivity index (χ3n) is 6.39.